The molecule has 2 aliphatic heterocycles. The van der Waals surface area contributed by atoms with Crippen LogP contribution in [0.5, 0.6) is 0 Å². The van der Waals surface area contributed by atoms with Crippen molar-refractivity contribution >= 4 is 0 Å². The molecule has 174 valence electrons. The monoisotopic (exact) mass is 448 g/mol. The van der Waals surface area contributed by atoms with Gasteiger partial charge in [-0.1, -0.05) is 12.1 Å². The number of benzene rings is 1. The summed E-state index contributed by atoms with van der Waals surface area (Å²) in [6.45, 7) is 4.65. The molecule has 0 bridgehead atoms. The molecule has 3 aliphatic rings. The van der Waals surface area contributed by atoms with E-state index < -0.39 is 11.7 Å². The third kappa shape index (κ3) is 4.19. The van der Waals surface area contributed by atoms with Crippen LogP contribution in [0.1, 0.15) is 60.8 Å². The number of fused-ring (bicyclic) bond motifs is 1. The van der Waals surface area contributed by atoms with Crippen molar-refractivity contribution in [3.63, 3.8) is 0 Å². The number of unbranched alkanes of at least 4 members (excludes halogenated alkanes) is 1. The zero-order valence-corrected chi connectivity index (χ0v) is 18.6. The van der Waals surface area contributed by atoms with Crippen molar-refractivity contribution in [2.45, 2.75) is 56.0 Å². The Labute approximate surface area is 187 Å². The highest BCUT2D eigenvalue weighted by atomic mass is 19.4. The average Bonchev–Trinajstić information content (AvgIpc) is 3.16. The number of aromatic nitrogens is 3. The van der Waals surface area contributed by atoms with Crippen LogP contribution in [0.3, 0.4) is 0 Å². The molecule has 2 atom stereocenters. The van der Waals surface area contributed by atoms with Crippen LogP contribution in [-0.2, 0) is 29.8 Å². The summed E-state index contributed by atoms with van der Waals surface area (Å²) in [5, 5.41) is 8.88. The Morgan fingerprint density at radius 1 is 1.09 bits per heavy atom. The zero-order valence-electron chi connectivity index (χ0n) is 18.6. The topological polar surface area (TPSA) is 43.2 Å². The Bertz CT molecular complexity index is 936. The van der Waals surface area contributed by atoms with Crippen LogP contribution in [0.4, 0.5) is 13.2 Å². The first kappa shape index (κ1) is 21.9. The van der Waals surface area contributed by atoms with Gasteiger partial charge in [-0.15, -0.1) is 10.2 Å². The lowest BCUT2D eigenvalue weighted by Crippen LogP contribution is -2.27. The first-order valence-electron chi connectivity index (χ1n) is 11.7. The Hall–Kier alpha value is -1.93. The van der Waals surface area contributed by atoms with Crippen LogP contribution >= 0.6 is 0 Å². The first-order valence-corrected chi connectivity index (χ1v) is 11.7. The van der Waals surface area contributed by atoms with Gasteiger partial charge >= 0.3 is 6.18 Å². The lowest BCUT2D eigenvalue weighted by atomic mass is 9.94. The minimum atomic E-state index is -4.27. The van der Waals surface area contributed by atoms with E-state index in [1.54, 1.807) is 12.1 Å². The van der Waals surface area contributed by atoms with Crippen LogP contribution in [-0.4, -0.2) is 52.5 Å². The standard InChI is InChI=1S/C24H31F3N4O/c1-30-21(28-29-22(30)17-9-12-32-13-10-17)4-2-3-11-31-15-20-14-23(20,16-31)18-5-7-19(8-6-18)24(25,26)27/h5-8,17,20H,2-4,9-16H2,1H3/t20-,23+/m0/s1. The summed E-state index contributed by atoms with van der Waals surface area (Å²) in [7, 11) is 2.07. The Morgan fingerprint density at radius 2 is 1.84 bits per heavy atom. The minimum Gasteiger partial charge on any atom is -0.381 e. The van der Waals surface area contributed by atoms with Crippen molar-refractivity contribution in [2.24, 2.45) is 13.0 Å². The molecule has 5 nitrogen and oxygen atoms in total. The smallest absolute Gasteiger partial charge is 0.381 e. The van der Waals surface area contributed by atoms with Crippen molar-refractivity contribution in [1.82, 2.24) is 19.7 Å². The van der Waals surface area contributed by atoms with Gasteiger partial charge < -0.3 is 14.2 Å². The van der Waals surface area contributed by atoms with Gasteiger partial charge in [0.15, 0.2) is 0 Å². The largest absolute Gasteiger partial charge is 0.416 e. The maximum Gasteiger partial charge on any atom is 0.416 e. The summed E-state index contributed by atoms with van der Waals surface area (Å²) in [4.78, 5) is 2.48. The molecule has 1 aromatic heterocycles. The lowest BCUT2D eigenvalue weighted by Gasteiger charge is -2.21. The number of piperidine rings is 1. The molecule has 0 amide bonds. The summed E-state index contributed by atoms with van der Waals surface area (Å²) >= 11 is 0. The van der Waals surface area contributed by atoms with Gasteiger partial charge in [-0.05, 0) is 62.3 Å². The maximum atomic E-state index is 12.9. The highest BCUT2D eigenvalue weighted by Crippen LogP contribution is 2.59. The summed E-state index contributed by atoms with van der Waals surface area (Å²) in [5.41, 5.74) is 0.581. The van der Waals surface area contributed by atoms with Gasteiger partial charge in [-0.2, -0.15) is 13.2 Å². The van der Waals surface area contributed by atoms with Crippen LogP contribution in [0.25, 0.3) is 0 Å². The fraction of sp³-hybridized carbons (Fsp3) is 0.667. The van der Waals surface area contributed by atoms with E-state index in [0.29, 0.717) is 11.8 Å². The summed E-state index contributed by atoms with van der Waals surface area (Å²) in [6.07, 6.45) is 1.95. The molecule has 8 heteroatoms. The number of hydrogen-bond donors (Lipinski definition) is 0. The van der Waals surface area contributed by atoms with E-state index >= 15 is 0 Å². The van der Waals surface area contributed by atoms with E-state index in [2.05, 4.69) is 26.7 Å². The molecular weight excluding hydrogens is 417 g/mol. The van der Waals surface area contributed by atoms with Crippen LogP contribution < -0.4 is 0 Å². The van der Waals surface area contributed by atoms with Crippen molar-refractivity contribution in [3.05, 3.63) is 47.0 Å². The number of aryl methyl sites for hydroxylation is 1. The van der Waals surface area contributed by atoms with Crippen molar-refractivity contribution in [1.29, 1.82) is 0 Å². The van der Waals surface area contributed by atoms with E-state index in [1.807, 2.05) is 0 Å². The Kier molecular flexibility index (Phi) is 5.78. The number of halogens is 3. The van der Waals surface area contributed by atoms with E-state index in [0.717, 1.165) is 88.6 Å². The molecule has 1 aromatic carbocycles. The molecule has 3 fully saturated rings. The molecule has 32 heavy (non-hydrogen) atoms. The third-order valence-electron chi connectivity index (χ3n) is 7.71. The molecular formula is C24H31F3N4O. The number of nitrogens with zero attached hydrogens (tertiary/aromatic N) is 4. The van der Waals surface area contributed by atoms with Crippen LogP contribution in [0, 0.1) is 5.92 Å². The molecule has 5 rings (SSSR count). The first-order chi connectivity index (χ1) is 15.4. The number of rotatable bonds is 7. The molecule has 0 spiro atoms. The van der Waals surface area contributed by atoms with Crippen LogP contribution in [0.15, 0.2) is 24.3 Å². The predicted octanol–water partition coefficient (Wildman–Crippen LogP) is 4.32. The van der Waals surface area contributed by atoms with Crippen molar-refractivity contribution in [3.8, 4) is 0 Å². The maximum absolute atomic E-state index is 12.9. The van der Waals surface area contributed by atoms with Gasteiger partial charge in [0.25, 0.3) is 0 Å². The van der Waals surface area contributed by atoms with Gasteiger partial charge in [-0.3, -0.25) is 0 Å². The highest BCUT2D eigenvalue weighted by Gasteiger charge is 2.60. The Morgan fingerprint density at radius 3 is 2.56 bits per heavy atom. The molecule has 0 radical (unpaired) electrons. The van der Waals surface area contributed by atoms with Gasteiger partial charge in [0.05, 0.1) is 5.56 Å². The highest BCUT2D eigenvalue weighted by molar-refractivity contribution is 5.39. The molecule has 0 N–H and O–H groups in total. The fourth-order valence-electron chi connectivity index (χ4n) is 5.72. The molecule has 0 unspecified atom stereocenters. The van der Waals surface area contributed by atoms with E-state index in [1.165, 1.54) is 12.1 Å². The number of likely N-dealkylation sites (tertiary alicyclic amines) is 1. The SMILES string of the molecule is Cn1c(CCCCN2C[C@@H]3C[C@]3(c3ccc(C(F)(F)F)cc3)C2)nnc1C1CCOCC1. The summed E-state index contributed by atoms with van der Waals surface area (Å²) in [6, 6.07) is 5.85. The van der Waals surface area contributed by atoms with E-state index in [4.69, 9.17) is 4.74 Å². The quantitative estimate of drug-likeness (QED) is 0.592. The fourth-order valence-corrected chi connectivity index (χ4v) is 5.72. The Balaban J connectivity index is 1.10. The van der Waals surface area contributed by atoms with Gasteiger partial charge in [0.2, 0.25) is 0 Å². The summed E-state index contributed by atoms with van der Waals surface area (Å²) in [5.74, 6) is 3.17. The second-order valence-corrected chi connectivity index (χ2v) is 9.74. The van der Waals surface area contributed by atoms with Gasteiger partial charge in [0, 0.05) is 51.1 Å². The predicted molar refractivity (Wildman–Crippen MR) is 114 cm³/mol. The molecule has 1 aliphatic carbocycles. The van der Waals surface area contributed by atoms with Crippen molar-refractivity contribution < 1.29 is 17.9 Å². The van der Waals surface area contributed by atoms with Crippen LogP contribution in [0.2, 0.25) is 0 Å². The second kappa shape index (κ2) is 8.45. The number of hydrogen-bond acceptors (Lipinski definition) is 4. The molecule has 3 heterocycles. The zero-order chi connectivity index (χ0) is 22.3. The third-order valence-corrected chi connectivity index (χ3v) is 7.71. The number of ether oxygens (including phenoxy) is 1. The number of alkyl halides is 3. The van der Waals surface area contributed by atoms with E-state index in [-0.39, 0.29) is 5.41 Å². The molecule has 1 saturated carbocycles. The minimum absolute atomic E-state index is 0.0757. The normalized spacial score (nSPS) is 26.4. The summed E-state index contributed by atoms with van der Waals surface area (Å²) < 4.78 is 46.2. The van der Waals surface area contributed by atoms with Crippen molar-refractivity contribution in [2.75, 3.05) is 32.8 Å². The second-order valence-electron chi connectivity index (χ2n) is 9.74. The molecule has 2 saturated heterocycles. The van der Waals surface area contributed by atoms with E-state index in [9.17, 15) is 13.2 Å². The van der Waals surface area contributed by atoms with Gasteiger partial charge in [-0.25, -0.2) is 0 Å². The van der Waals surface area contributed by atoms with Gasteiger partial charge in [0.1, 0.15) is 11.6 Å². The lowest BCUT2D eigenvalue weighted by molar-refractivity contribution is -0.137. The average molecular weight is 449 g/mol. The molecule has 2 aromatic rings.